The quantitative estimate of drug-likeness (QED) is 0.386. The molecule has 0 atom stereocenters. The van der Waals surface area contributed by atoms with E-state index in [2.05, 4.69) is 25.4 Å². The van der Waals surface area contributed by atoms with Gasteiger partial charge >= 0.3 is 0 Å². The van der Waals surface area contributed by atoms with Gasteiger partial charge in [0.2, 0.25) is 5.95 Å². The number of pyridine rings is 1. The maximum Gasteiger partial charge on any atom is 0.260 e. The summed E-state index contributed by atoms with van der Waals surface area (Å²) in [7, 11) is 1.73. The molecule has 2 saturated heterocycles. The lowest BCUT2D eigenvalue weighted by Gasteiger charge is -2.41. The number of nitrogens with one attached hydrogen (secondary N) is 1. The smallest absolute Gasteiger partial charge is 0.260 e. The summed E-state index contributed by atoms with van der Waals surface area (Å²) < 4.78 is 59.2. The van der Waals surface area contributed by atoms with E-state index in [0.717, 1.165) is 12.1 Å². The normalized spacial score (nSPS) is 18.1. The van der Waals surface area contributed by atoms with E-state index in [9.17, 15) is 17.6 Å². The lowest BCUT2D eigenvalue weighted by Crippen LogP contribution is -2.55. The molecule has 0 saturated carbocycles. The number of nitrogen functional groups attached to an aromatic ring is 1. The molecule has 0 aliphatic carbocycles. The van der Waals surface area contributed by atoms with Gasteiger partial charge in [0.1, 0.15) is 11.0 Å². The van der Waals surface area contributed by atoms with Crippen molar-refractivity contribution in [2.45, 2.75) is 37.8 Å². The number of aromatic nitrogens is 6. The van der Waals surface area contributed by atoms with Crippen molar-refractivity contribution in [3.8, 4) is 11.3 Å². The van der Waals surface area contributed by atoms with Crippen molar-refractivity contribution >= 4 is 28.4 Å². The van der Waals surface area contributed by atoms with Crippen molar-refractivity contribution in [3.63, 3.8) is 0 Å². The Morgan fingerprint density at radius 2 is 2.03 bits per heavy atom. The number of halogens is 4. The molecule has 37 heavy (non-hydrogen) atoms. The molecule has 3 N–H and O–H groups in total. The Kier molecular flexibility index (Phi) is 6.86. The van der Waals surface area contributed by atoms with E-state index >= 15 is 0 Å². The highest BCUT2D eigenvalue weighted by Gasteiger charge is 2.39. The molecule has 2 aliphatic rings. The third kappa shape index (κ3) is 5.30. The predicted octanol–water partition coefficient (Wildman–Crippen LogP) is 3.15. The zero-order valence-corrected chi connectivity index (χ0v) is 20.1. The molecule has 2 fully saturated rings. The van der Waals surface area contributed by atoms with E-state index in [0.29, 0.717) is 47.8 Å². The van der Waals surface area contributed by atoms with Crippen LogP contribution in [0.3, 0.4) is 0 Å². The third-order valence-corrected chi connectivity index (χ3v) is 6.40. The van der Waals surface area contributed by atoms with Crippen LogP contribution in [0.5, 0.6) is 0 Å². The van der Waals surface area contributed by atoms with Gasteiger partial charge in [0.15, 0.2) is 11.5 Å². The van der Waals surface area contributed by atoms with Crippen LogP contribution in [0.15, 0.2) is 30.7 Å². The molecule has 0 amide bonds. The minimum absolute atomic E-state index is 0.0527. The van der Waals surface area contributed by atoms with Gasteiger partial charge < -0.3 is 20.4 Å². The number of piperidine rings is 1. The Balaban J connectivity index is 0.000000195. The Bertz CT molecular complexity index is 1390. The first kappa shape index (κ1) is 25.1. The van der Waals surface area contributed by atoms with E-state index < -0.39 is 18.9 Å². The second-order valence-electron chi connectivity index (χ2n) is 9.04. The Hall–Kier alpha value is -3.52. The van der Waals surface area contributed by atoms with Crippen molar-refractivity contribution in [3.05, 3.63) is 30.7 Å². The molecule has 0 unspecified atom stereocenters. The van der Waals surface area contributed by atoms with Gasteiger partial charge in [-0.2, -0.15) is 4.98 Å². The summed E-state index contributed by atoms with van der Waals surface area (Å²) >= 11 is 0. The van der Waals surface area contributed by atoms with E-state index in [1.165, 1.54) is 10.9 Å². The second-order valence-corrected chi connectivity index (χ2v) is 9.04. The second kappa shape index (κ2) is 10.1. The fourth-order valence-electron chi connectivity index (χ4n) is 4.54. The molecule has 0 radical (unpaired) electrons. The van der Waals surface area contributed by atoms with Crippen molar-refractivity contribution in [1.29, 1.82) is 0 Å². The summed E-state index contributed by atoms with van der Waals surface area (Å²) in [5.74, 6) is -1.78. The first-order valence-corrected chi connectivity index (χ1v) is 11.9. The van der Waals surface area contributed by atoms with Gasteiger partial charge in [0, 0.05) is 25.2 Å². The highest BCUT2D eigenvalue weighted by molar-refractivity contribution is 5.89. The number of hydrogen-bond acceptors (Lipinski definition) is 8. The molecule has 198 valence electrons. The molecule has 2 aliphatic heterocycles. The molecule has 6 heterocycles. The van der Waals surface area contributed by atoms with Crippen LogP contribution >= 0.6 is 0 Å². The Labute approximate surface area is 209 Å². The Morgan fingerprint density at radius 1 is 1.22 bits per heavy atom. The van der Waals surface area contributed by atoms with Gasteiger partial charge in [-0.25, -0.2) is 32.0 Å². The fraction of sp³-hybridized carbons (Fsp3) is 0.478. The monoisotopic (exact) mass is 521 g/mol. The molecular formula is C23H27F4N9O. The number of fused-ring (bicyclic) bond motifs is 2. The van der Waals surface area contributed by atoms with Crippen LogP contribution < -0.4 is 11.1 Å². The van der Waals surface area contributed by atoms with Crippen molar-refractivity contribution in [2.24, 2.45) is 0 Å². The topological polar surface area (TPSA) is 111 Å². The van der Waals surface area contributed by atoms with Crippen LogP contribution in [-0.2, 0) is 11.3 Å². The predicted molar refractivity (Wildman–Crippen MR) is 130 cm³/mol. The van der Waals surface area contributed by atoms with Crippen LogP contribution in [0.4, 0.5) is 29.3 Å². The zero-order valence-electron chi connectivity index (χ0n) is 20.1. The molecule has 10 nitrogen and oxygen atoms in total. The van der Waals surface area contributed by atoms with Gasteiger partial charge in [-0.1, -0.05) is 0 Å². The van der Waals surface area contributed by atoms with Crippen LogP contribution in [0.2, 0.25) is 0 Å². The highest BCUT2D eigenvalue weighted by Crippen LogP contribution is 2.30. The maximum absolute atomic E-state index is 12.9. The summed E-state index contributed by atoms with van der Waals surface area (Å²) in [5.41, 5.74) is 8.72. The molecule has 6 rings (SSSR count). The first-order valence-electron chi connectivity index (χ1n) is 11.9. The van der Waals surface area contributed by atoms with Crippen molar-refractivity contribution in [2.75, 3.05) is 44.4 Å². The lowest BCUT2D eigenvalue weighted by atomic mass is 10.0. The van der Waals surface area contributed by atoms with E-state index in [1.807, 2.05) is 11.0 Å². The minimum atomic E-state index is -2.48. The van der Waals surface area contributed by atoms with Crippen molar-refractivity contribution < 1.29 is 22.3 Å². The van der Waals surface area contributed by atoms with E-state index in [-0.39, 0.29) is 25.0 Å². The zero-order chi connectivity index (χ0) is 26.2. The number of ether oxygens (including phenoxy) is 1. The lowest BCUT2D eigenvalue weighted by molar-refractivity contribution is -0.126. The van der Waals surface area contributed by atoms with Crippen molar-refractivity contribution in [1.82, 2.24) is 34.0 Å². The van der Waals surface area contributed by atoms with Crippen LogP contribution in [0.1, 0.15) is 12.8 Å². The SMILES string of the molecule is CNc1nc(N)nn2ccc(-c3ccc4ncn(CC(F)F)c4n3)c12.FC1(F)CCCN(C2COC2)C1. The molecular weight excluding hydrogens is 494 g/mol. The van der Waals surface area contributed by atoms with Gasteiger partial charge in [-0.3, -0.25) is 4.90 Å². The molecule has 0 spiro atoms. The number of hydrogen-bond donors (Lipinski definition) is 2. The summed E-state index contributed by atoms with van der Waals surface area (Å²) in [4.78, 5) is 14.7. The van der Waals surface area contributed by atoms with Crippen LogP contribution in [-0.4, -0.2) is 85.8 Å². The summed E-state index contributed by atoms with van der Waals surface area (Å²) in [5, 5.41) is 7.12. The number of rotatable bonds is 5. The average molecular weight is 522 g/mol. The minimum Gasteiger partial charge on any atom is -0.378 e. The largest absolute Gasteiger partial charge is 0.378 e. The van der Waals surface area contributed by atoms with Gasteiger partial charge in [0.05, 0.1) is 44.4 Å². The molecule has 4 aromatic rings. The highest BCUT2D eigenvalue weighted by atomic mass is 19.3. The summed E-state index contributed by atoms with van der Waals surface area (Å²) in [6, 6.07) is 5.62. The number of imidazole rings is 1. The maximum atomic E-state index is 12.9. The molecule has 14 heteroatoms. The number of nitrogens with zero attached hydrogens (tertiary/aromatic N) is 7. The van der Waals surface area contributed by atoms with Crippen LogP contribution in [0, 0.1) is 0 Å². The van der Waals surface area contributed by atoms with E-state index in [4.69, 9.17) is 10.5 Å². The van der Waals surface area contributed by atoms with E-state index in [1.54, 1.807) is 29.9 Å². The number of nitrogens with two attached hydrogens (primary N) is 1. The molecule has 4 aromatic heterocycles. The fourth-order valence-corrected chi connectivity index (χ4v) is 4.54. The van der Waals surface area contributed by atoms with Crippen LogP contribution in [0.25, 0.3) is 27.9 Å². The first-order chi connectivity index (χ1) is 17.7. The van der Waals surface area contributed by atoms with Gasteiger partial charge in [0.25, 0.3) is 12.3 Å². The average Bonchev–Trinajstić information content (AvgIpc) is 3.40. The number of likely N-dealkylation sites (tertiary alicyclic amines) is 1. The third-order valence-electron chi connectivity index (χ3n) is 6.40. The number of alkyl halides is 4. The Morgan fingerprint density at radius 3 is 2.70 bits per heavy atom. The van der Waals surface area contributed by atoms with Gasteiger partial charge in [-0.05, 0) is 31.2 Å². The summed E-state index contributed by atoms with van der Waals surface area (Å²) in [6.07, 6.45) is 1.30. The standard InChI is InChI=1S/C15H14F2N8.C8H13F2NO/c1-19-13-12-8(4-5-25(12)23-15(18)22-13)9-2-3-10-14(21-9)24(7-20-10)6-11(16)17;9-8(10)2-1-3-11(6-8)7-4-12-5-7/h2-5,7,11H,6H2,1H3,(H3,18,19,22,23);7H,1-6H2. The number of anilines is 2. The molecule has 0 bridgehead atoms. The summed E-state index contributed by atoms with van der Waals surface area (Å²) in [6.45, 7) is 1.56. The van der Waals surface area contributed by atoms with Gasteiger partial charge in [-0.15, -0.1) is 5.10 Å². The molecule has 0 aromatic carbocycles.